The van der Waals surface area contributed by atoms with Gasteiger partial charge < -0.3 is 14.7 Å². The zero-order valence-electron chi connectivity index (χ0n) is 13.2. The van der Waals surface area contributed by atoms with Crippen LogP contribution in [0.5, 0.6) is 0 Å². The van der Waals surface area contributed by atoms with E-state index >= 15 is 0 Å². The average molecular weight is 329 g/mol. The molecule has 1 fully saturated rings. The van der Waals surface area contributed by atoms with Crippen LogP contribution in [-0.2, 0) is 16.1 Å². The molecular formula is C17H19N3O4. The highest BCUT2D eigenvalue weighted by Gasteiger charge is 2.27. The first-order chi connectivity index (χ1) is 11.6. The van der Waals surface area contributed by atoms with Crippen LogP contribution >= 0.6 is 0 Å². The quantitative estimate of drug-likeness (QED) is 0.892. The maximum absolute atomic E-state index is 12.6. The molecule has 3 rings (SSSR count). The lowest BCUT2D eigenvalue weighted by Gasteiger charge is -2.32. The smallest absolute Gasteiger partial charge is 0.306 e. The van der Waals surface area contributed by atoms with Gasteiger partial charge in [-0.3, -0.25) is 14.3 Å². The van der Waals surface area contributed by atoms with E-state index in [1.165, 1.54) is 0 Å². The predicted molar refractivity (Wildman–Crippen MR) is 85.7 cm³/mol. The summed E-state index contributed by atoms with van der Waals surface area (Å²) in [5, 5.41) is 13.1. The number of carbonyl (C=O) groups excluding carboxylic acids is 1. The fraction of sp³-hybridized carbons (Fsp3) is 0.353. The van der Waals surface area contributed by atoms with Gasteiger partial charge in [0.25, 0.3) is 5.91 Å². The van der Waals surface area contributed by atoms with E-state index in [0.717, 1.165) is 5.56 Å². The van der Waals surface area contributed by atoms with Crippen LogP contribution in [0.4, 0.5) is 0 Å². The van der Waals surface area contributed by atoms with Gasteiger partial charge in [-0.1, -0.05) is 30.3 Å². The molecule has 0 aliphatic carbocycles. The van der Waals surface area contributed by atoms with Gasteiger partial charge in [0.2, 0.25) is 0 Å². The van der Waals surface area contributed by atoms with Crippen LogP contribution in [0.25, 0.3) is 0 Å². The summed E-state index contributed by atoms with van der Waals surface area (Å²) in [5.74, 6) is -1.07. The van der Waals surface area contributed by atoms with Gasteiger partial charge in [-0.05, 0) is 5.56 Å². The molecule has 7 heteroatoms. The number of carboxylic acid groups (broad SMARTS) is 1. The molecule has 1 aliphatic heterocycles. The second kappa shape index (κ2) is 7.27. The normalized spacial score (nSPS) is 17.7. The Balaban J connectivity index is 1.64. The SMILES string of the molecule is O=C(O)C[C@@H]1CN(C(=O)c2cnn(Cc3ccccc3)c2)CCO1. The summed E-state index contributed by atoms with van der Waals surface area (Å²) in [4.78, 5) is 25.0. The third-order valence-electron chi connectivity index (χ3n) is 3.90. The van der Waals surface area contributed by atoms with Gasteiger partial charge >= 0.3 is 5.97 Å². The molecule has 1 saturated heterocycles. The summed E-state index contributed by atoms with van der Waals surface area (Å²) in [5.41, 5.74) is 1.61. The van der Waals surface area contributed by atoms with Gasteiger partial charge in [0.15, 0.2) is 0 Å². The van der Waals surface area contributed by atoms with Crippen LogP contribution in [0.2, 0.25) is 0 Å². The second-order valence-electron chi connectivity index (χ2n) is 5.75. The van der Waals surface area contributed by atoms with Gasteiger partial charge in [0.05, 0.1) is 37.4 Å². The topological polar surface area (TPSA) is 84.7 Å². The van der Waals surface area contributed by atoms with Crippen molar-refractivity contribution in [2.75, 3.05) is 19.7 Å². The van der Waals surface area contributed by atoms with Crippen molar-refractivity contribution >= 4 is 11.9 Å². The molecule has 0 unspecified atom stereocenters. The maximum Gasteiger partial charge on any atom is 0.306 e. The van der Waals surface area contributed by atoms with E-state index in [2.05, 4.69) is 5.10 Å². The molecule has 0 bridgehead atoms. The lowest BCUT2D eigenvalue weighted by Crippen LogP contribution is -2.46. The zero-order chi connectivity index (χ0) is 16.9. The van der Waals surface area contributed by atoms with E-state index in [1.807, 2.05) is 30.3 Å². The van der Waals surface area contributed by atoms with E-state index in [4.69, 9.17) is 9.84 Å². The van der Waals surface area contributed by atoms with E-state index < -0.39 is 12.1 Å². The zero-order valence-corrected chi connectivity index (χ0v) is 13.2. The van der Waals surface area contributed by atoms with Crippen LogP contribution in [-0.4, -0.2) is 57.5 Å². The minimum absolute atomic E-state index is 0.100. The Hall–Kier alpha value is -2.67. The molecule has 1 amide bonds. The van der Waals surface area contributed by atoms with Crippen molar-refractivity contribution in [3.05, 3.63) is 53.9 Å². The summed E-state index contributed by atoms with van der Waals surface area (Å²) in [6.45, 7) is 1.69. The van der Waals surface area contributed by atoms with Crippen LogP contribution in [0, 0.1) is 0 Å². The highest BCUT2D eigenvalue weighted by Crippen LogP contribution is 2.13. The lowest BCUT2D eigenvalue weighted by molar-refractivity contribution is -0.141. The molecule has 126 valence electrons. The van der Waals surface area contributed by atoms with E-state index in [1.54, 1.807) is 22.0 Å². The molecule has 1 N–H and O–H groups in total. The maximum atomic E-state index is 12.6. The summed E-state index contributed by atoms with van der Waals surface area (Å²) in [6.07, 6.45) is 2.71. The summed E-state index contributed by atoms with van der Waals surface area (Å²) in [7, 11) is 0. The van der Waals surface area contributed by atoms with Crippen molar-refractivity contribution in [2.24, 2.45) is 0 Å². The highest BCUT2D eigenvalue weighted by atomic mass is 16.5. The van der Waals surface area contributed by atoms with Crippen molar-refractivity contribution < 1.29 is 19.4 Å². The molecule has 1 aromatic heterocycles. The number of rotatable bonds is 5. The molecular weight excluding hydrogens is 310 g/mol. The Bertz CT molecular complexity index is 714. The number of aromatic nitrogens is 2. The van der Waals surface area contributed by atoms with Crippen LogP contribution in [0.15, 0.2) is 42.7 Å². The minimum atomic E-state index is -0.926. The number of nitrogens with zero attached hydrogens (tertiary/aromatic N) is 3. The van der Waals surface area contributed by atoms with Crippen LogP contribution < -0.4 is 0 Å². The van der Waals surface area contributed by atoms with E-state index in [0.29, 0.717) is 25.3 Å². The highest BCUT2D eigenvalue weighted by molar-refractivity contribution is 5.93. The van der Waals surface area contributed by atoms with Crippen molar-refractivity contribution in [2.45, 2.75) is 19.1 Å². The fourth-order valence-electron chi connectivity index (χ4n) is 2.74. The Labute approximate surface area is 139 Å². The van der Waals surface area contributed by atoms with E-state index in [-0.39, 0.29) is 18.9 Å². The number of carboxylic acids is 1. The van der Waals surface area contributed by atoms with Gasteiger partial charge in [-0.25, -0.2) is 0 Å². The molecule has 0 saturated carbocycles. The second-order valence-corrected chi connectivity index (χ2v) is 5.75. The summed E-state index contributed by atoms with van der Waals surface area (Å²) < 4.78 is 7.11. The van der Waals surface area contributed by atoms with Crippen LogP contribution in [0.3, 0.4) is 0 Å². The monoisotopic (exact) mass is 329 g/mol. The van der Waals surface area contributed by atoms with Gasteiger partial charge in [0, 0.05) is 19.3 Å². The number of hydrogen-bond donors (Lipinski definition) is 1. The molecule has 1 atom stereocenters. The minimum Gasteiger partial charge on any atom is -0.481 e. The summed E-state index contributed by atoms with van der Waals surface area (Å²) in [6, 6.07) is 9.87. The number of aliphatic carboxylic acids is 1. The number of carbonyl (C=O) groups is 2. The van der Waals surface area contributed by atoms with Crippen LogP contribution in [0.1, 0.15) is 22.3 Å². The largest absolute Gasteiger partial charge is 0.481 e. The standard InChI is InChI=1S/C17H19N3O4/c21-16(22)8-15-12-19(6-7-24-15)17(23)14-9-18-20(11-14)10-13-4-2-1-3-5-13/h1-5,9,11,15H,6-8,10,12H2,(H,21,22)/t15-/m1/s1. The molecule has 24 heavy (non-hydrogen) atoms. The lowest BCUT2D eigenvalue weighted by atomic mass is 10.2. The van der Waals surface area contributed by atoms with Crippen molar-refractivity contribution in [3.63, 3.8) is 0 Å². The number of hydrogen-bond acceptors (Lipinski definition) is 4. The molecule has 0 radical (unpaired) electrons. The average Bonchev–Trinajstić information content (AvgIpc) is 3.03. The fourth-order valence-corrected chi connectivity index (χ4v) is 2.74. The molecule has 1 aromatic carbocycles. The third-order valence-corrected chi connectivity index (χ3v) is 3.90. The Morgan fingerprint density at radius 1 is 1.29 bits per heavy atom. The molecule has 7 nitrogen and oxygen atoms in total. The summed E-state index contributed by atoms with van der Waals surface area (Å²) >= 11 is 0. The number of ether oxygens (including phenoxy) is 1. The molecule has 1 aliphatic rings. The first kappa shape index (κ1) is 16.2. The first-order valence-electron chi connectivity index (χ1n) is 7.81. The number of morpholine rings is 1. The van der Waals surface area contributed by atoms with Gasteiger partial charge in [-0.15, -0.1) is 0 Å². The molecule has 2 aromatic rings. The van der Waals surface area contributed by atoms with Crippen molar-refractivity contribution in [3.8, 4) is 0 Å². The number of amides is 1. The van der Waals surface area contributed by atoms with Crippen molar-refractivity contribution in [1.82, 2.24) is 14.7 Å². The Morgan fingerprint density at radius 3 is 2.83 bits per heavy atom. The van der Waals surface area contributed by atoms with Gasteiger partial charge in [-0.2, -0.15) is 5.10 Å². The molecule has 2 heterocycles. The van der Waals surface area contributed by atoms with Gasteiger partial charge in [0.1, 0.15) is 0 Å². The Morgan fingerprint density at radius 2 is 2.08 bits per heavy atom. The predicted octanol–water partition coefficient (Wildman–Crippen LogP) is 1.25. The molecule has 0 spiro atoms. The van der Waals surface area contributed by atoms with Crippen molar-refractivity contribution in [1.29, 1.82) is 0 Å². The first-order valence-corrected chi connectivity index (χ1v) is 7.81. The third kappa shape index (κ3) is 3.99. The number of benzene rings is 1. The Kier molecular flexibility index (Phi) is 4.90. The van der Waals surface area contributed by atoms with E-state index in [9.17, 15) is 9.59 Å².